The molecule has 2 heterocycles. The molecule has 0 radical (unpaired) electrons. The van der Waals surface area contributed by atoms with Crippen LogP contribution in [-0.4, -0.2) is 36.8 Å². The Morgan fingerprint density at radius 1 is 1.56 bits per heavy atom. The minimum Gasteiger partial charge on any atom is -0.481 e. The van der Waals surface area contributed by atoms with Gasteiger partial charge in [-0.25, -0.2) is 4.98 Å². The Hall–Kier alpha value is -1.33. The SMILES string of the molecule is O=C(COc1cccnc1Cl)NC1CCOCC1. The van der Waals surface area contributed by atoms with Crippen LogP contribution in [-0.2, 0) is 9.53 Å². The molecule has 0 unspecified atom stereocenters. The van der Waals surface area contributed by atoms with Gasteiger partial charge in [-0.3, -0.25) is 4.79 Å². The van der Waals surface area contributed by atoms with E-state index in [4.69, 9.17) is 21.1 Å². The second-order valence-corrected chi connectivity index (χ2v) is 4.39. The third kappa shape index (κ3) is 3.85. The van der Waals surface area contributed by atoms with Gasteiger partial charge in [0.25, 0.3) is 5.91 Å². The number of amides is 1. The van der Waals surface area contributed by atoms with Crippen molar-refractivity contribution in [2.75, 3.05) is 19.8 Å². The molecule has 1 amide bonds. The number of carbonyl (C=O) groups is 1. The molecule has 0 bridgehead atoms. The van der Waals surface area contributed by atoms with Crippen LogP contribution < -0.4 is 10.1 Å². The summed E-state index contributed by atoms with van der Waals surface area (Å²) >= 11 is 5.82. The van der Waals surface area contributed by atoms with Crippen molar-refractivity contribution in [3.63, 3.8) is 0 Å². The van der Waals surface area contributed by atoms with Crippen molar-refractivity contribution < 1.29 is 14.3 Å². The molecule has 1 fully saturated rings. The normalized spacial score (nSPS) is 16.3. The molecule has 0 saturated carbocycles. The summed E-state index contributed by atoms with van der Waals surface area (Å²) in [5.74, 6) is 0.267. The lowest BCUT2D eigenvalue weighted by molar-refractivity contribution is -0.124. The lowest BCUT2D eigenvalue weighted by atomic mass is 10.1. The van der Waals surface area contributed by atoms with E-state index in [1.807, 2.05) is 0 Å². The van der Waals surface area contributed by atoms with Crippen molar-refractivity contribution in [3.8, 4) is 5.75 Å². The lowest BCUT2D eigenvalue weighted by Crippen LogP contribution is -2.41. The summed E-state index contributed by atoms with van der Waals surface area (Å²) in [6, 6.07) is 3.56. The van der Waals surface area contributed by atoms with Gasteiger partial charge in [-0.2, -0.15) is 0 Å². The Morgan fingerprint density at radius 2 is 2.33 bits per heavy atom. The van der Waals surface area contributed by atoms with Crippen molar-refractivity contribution in [2.45, 2.75) is 18.9 Å². The minimum atomic E-state index is -0.151. The summed E-state index contributed by atoms with van der Waals surface area (Å²) < 4.78 is 10.5. The van der Waals surface area contributed by atoms with Crippen molar-refractivity contribution in [1.29, 1.82) is 0 Å². The highest BCUT2D eigenvalue weighted by molar-refractivity contribution is 6.30. The number of aromatic nitrogens is 1. The van der Waals surface area contributed by atoms with Gasteiger partial charge in [0.2, 0.25) is 0 Å². The third-order valence-corrected chi connectivity index (χ3v) is 2.95. The molecular weight excluding hydrogens is 256 g/mol. The van der Waals surface area contributed by atoms with Gasteiger partial charge in [0, 0.05) is 25.5 Å². The van der Waals surface area contributed by atoms with E-state index in [2.05, 4.69) is 10.3 Å². The van der Waals surface area contributed by atoms with Crippen molar-refractivity contribution in [1.82, 2.24) is 10.3 Å². The molecule has 2 rings (SSSR count). The molecule has 98 valence electrons. The van der Waals surface area contributed by atoms with Crippen LogP contribution in [0.2, 0.25) is 5.15 Å². The van der Waals surface area contributed by atoms with Gasteiger partial charge in [-0.05, 0) is 25.0 Å². The maximum absolute atomic E-state index is 11.7. The number of nitrogens with zero attached hydrogens (tertiary/aromatic N) is 1. The maximum Gasteiger partial charge on any atom is 0.258 e. The molecule has 0 spiro atoms. The molecule has 0 aromatic carbocycles. The monoisotopic (exact) mass is 270 g/mol. The van der Waals surface area contributed by atoms with Gasteiger partial charge in [-0.15, -0.1) is 0 Å². The molecule has 5 nitrogen and oxygen atoms in total. The fourth-order valence-electron chi connectivity index (χ4n) is 1.73. The molecule has 1 aromatic rings. The Morgan fingerprint density at radius 3 is 3.06 bits per heavy atom. The second-order valence-electron chi connectivity index (χ2n) is 4.04. The number of carbonyl (C=O) groups excluding carboxylic acids is 1. The van der Waals surface area contributed by atoms with Gasteiger partial charge in [0.05, 0.1) is 0 Å². The molecule has 18 heavy (non-hydrogen) atoms. The van der Waals surface area contributed by atoms with Crippen LogP contribution in [0.3, 0.4) is 0 Å². The zero-order chi connectivity index (χ0) is 12.8. The number of pyridine rings is 1. The average molecular weight is 271 g/mol. The molecular formula is C12H15ClN2O3. The maximum atomic E-state index is 11.7. The van der Waals surface area contributed by atoms with Crippen LogP contribution in [0.4, 0.5) is 0 Å². The number of rotatable bonds is 4. The van der Waals surface area contributed by atoms with Crippen LogP contribution in [0.15, 0.2) is 18.3 Å². The number of hydrogen-bond acceptors (Lipinski definition) is 4. The fourth-order valence-corrected chi connectivity index (χ4v) is 1.91. The fraction of sp³-hybridized carbons (Fsp3) is 0.500. The number of halogens is 1. The molecule has 0 atom stereocenters. The summed E-state index contributed by atoms with van der Waals surface area (Å²) in [5, 5.41) is 3.16. The number of nitrogens with one attached hydrogen (secondary N) is 1. The van der Waals surface area contributed by atoms with Crippen molar-refractivity contribution in [2.24, 2.45) is 0 Å². The summed E-state index contributed by atoms with van der Waals surface area (Å²) in [6.45, 7) is 1.34. The zero-order valence-electron chi connectivity index (χ0n) is 9.89. The van der Waals surface area contributed by atoms with Crippen LogP contribution in [0.25, 0.3) is 0 Å². The van der Waals surface area contributed by atoms with Crippen LogP contribution in [0.1, 0.15) is 12.8 Å². The Balaban J connectivity index is 1.76. The van der Waals surface area contributed by atoms with E-state index in [0.717, 1.165) is 12.8 Å². The molecule has 0 aliphatic carbocycles. The molecule has 1 aliphatic rings. The van der Waals surface area contributed by atoms with Gasteiger partial charge >= 0.3 is 0 Å². The Bertz CT molecular complexity index is 408. The standard InChI is InChI=1S/C12H15ClN2O3/c13-12-10(2-1-5-14-12)18-8-11(16)15-9-3-6-17-7-4-9/h1-2,5,9H,3-4,6-8H2,(H,15,16). The van der Waals surface area contributed by atoms with E-state index >= 15 is 0 Å². The predicted octanol–water partition coefficient (Wildman–Crippen LogP) is 1.41. The van der Waals surface area contributed by atoms with Crippen LogP contribution >= 0.6 is 11.6 Å². The highest BCUT2D eigenvalue weighted by Gasteiger charge is 2.16. The first kappa shape index (κ1) is 13.1. The van der Waals surface area contributed by atoms with E-state index in [0.29, 0.717) is 19.0 Å². The Kier molecular flexibility index (Phi) is 4.78. The van der Waals surface area contributed by atoms with Crippen LogP contribution in [0.5, 0.6) is 5.75 Å². The van der Waals surface area contributed by atoms with Gasteiger partial charge < -0.3 is 14.8 Å². The minimum absolute atomic E-state index is 0.0528. The lowest BCUT2D eigenvalue weighted by Gasteiger charge is -2.23. The average Bonchev–Trinajstić information content (AvgIpc) is 2.39. The quantitative estimate of drug-likeness (QED) is 0.841. The van der Waals surface area contributed by atoms with E-state index < -0.39 is 0 Å². The van der Waals surface area contributed by atoms with Crippen molar-refractivity contribution >= 4 is 17.5 Å². The number of hydrogen-bond donors (Lipinski definition) is 1. The second kappa shape index (κ2) is 6.56. The first-order valence-corrected chi connectivity index (χ1v) is 6.24. The largest absolute Gasteiger partial charge is 0.481 e. The predicted molar refractivity (Wildman–Crippen MR) is 66.7 cm³/mol. The van der Waals surface area contributed by atoms with Gasteiger partial charge in [0.15, 0.2) is 17.5 Å². The highest BCUT2D eigenvalue weighted by Crippen LogP contribution is 2.19. The van der Waals surface area contributed by atoms with E-state index in [1.165, 1.54) is 0 Å². The third-order valence-electron chi connectivity index (χ3n) is 2.67. The molecule has 1 aliphatic heterocycles. The molecule has 1 aromatic heterocycles. The molecule has 6 heteroatoms. The first-order chi connectivity index (χ1) is 8.75. The van der Waals surface area contributed by atoms with E-state index in [1.54, 1.807) is 18.3 Å². The zero-order valence-corrected chi connectivity index (χ0v) is 10.7. The van der Waals surface area contributed by atoms with E-state index in [9.17, 15) is 4.79 Å². The smallest absolute Gasteiger partial charge is 0.258 e. The topological polar surface area (TPSA) is 60.5 Å². The first-order valence-electron chi connectivity index (χ1n) is 5.86. The summed E-state index contributed by atoms with van der Waals surface area (Å²) in [5.41, 5.74) is 0. The van der Waals surface area contributed by atoms with Crippen LogP contribution in [0, 0.1) is 0 Å². The molecule has 1 saturated heterocycles. The Labute approximate surface area is 110 Å². The van der Waals surface area contributed by atoms with Crippen molar-refractivity contribution in [3.05, 3.63) is 23.5 Å². The summed E-state index contributed by atoms with van der Waals surface area (Å²) in [7, 11) is 0. The summed E-state index contributed by atoms with van der Waals surface area (Å²) in [4.78, 5) is 15.5. The number of ether oxygens (including phenoxy) is 2. The molecule has 1 N–H and O–H groups in total. The highest BCUT2D eigenvalue weighted by atomic mass is 35.5. The van der Waals surface area contributed by atoms with Gasteiger partial charge in [-0.1, -0.05) is 11.6 Å². The van der Waals surface area contributed by atoms with Gasteiger partial charge in [0.1, 0.15) is 0 Å². The van der Waals surface area contributed by atoms with E-state index in [-0.39, 0.29) is 23.7 Å². The summed E-state index contributed by atoms with van der Waals surface area (Å²) in [6.07, 6.45) is 3.26.